The molecule has 0 aliphatic heterocycles. The van der Waals surface area contributed by atoms with Crippen LogP contribution in [-0.2, 0) is 13.2 Å². The summed E-state index contributed by atoms with van der Waals surface area (Å²) in [5, 5.41) is 3.52. The Bertz CT molecular complexity index is 570. The van der Waals surface area contributed by atoms with Crippen molar-refractivity contribution < 1.29 is 4.74 Å². The third-order valence-corrected chi connectivity index (χ3v) is 4.08. The molecule has 2 aromatic rings. The van der Waals surface area contributed by atoms with Gasteiger partial charge in [-0.2, -0.15) is 0 Å². The molecule has 1 aromatic carbocycles. The van der Waals surface area contributed by atoms with Gasteiger partial charge in [0.05, 0.1) is 0 Å². The highest BCUT2D eigenvalue weighted by molar-refractivity contribution is 9.10. The topological polar surface area (TPSA) is 34.1 Å². The van der Waals surface area contributed by atoms with E-state index in [-0.39, 0.29) is 0 Å². The van der Waals surface area contributed by atoms with Gasteiger partial charge in [-0.25, -0.2) is 0 Å². The van der Waals surface area contributed by atoms with Gasteiger partial charge in [0.1, 0.15) is 12.4 Å². The fraction of sp³-hybridized carbons (Fsp3) is 0.312. The average molecular weight is 333 g/mol. The van der Waals surface area contributed by atoms with Gasteiger partial charge in [0, 0.05) is 35.0 Å². The number of hydrogen-bond acceptors (Lipinski definition) is 3. The van der Waals surface area contributed by atoms with Crippen LogP contribution in [0.5, 0.6) is 5.75 Å². The molecule has 0 unspecified atom stereocenters. The summed E-state index contributed by atoms with van der Waals surface area (Å²) in [4.78, 5) is 4.09. The number of benzene rings is 1. The summed E-state index contributed by atoms with van der Waals surface area (Å²) in [5.41, 5.74) is 2.31. The molecule has 0 saturated heterocycles. The number of halogens is 1. The van der Waals surface area contributed by atoms with E-state index in [9.17, 15) is 0 Å². The summed E-state index contributed by atoms with van der Waals surface area (Å²) in [7, 11) is 0. The fourth-order valence-corrected chi connectivity index (χ4v) is 2.36. The molecule has 1 aromatic heterocycles. The van der Waals surface area contributed by atoms with Crippen LogP contribution >= 0.6 is 15.9 Å². The second kappa shape index (κ2) is 6.37. The van der Waals surface area contributed by atoms with Gasteiger partial charge in [0.15, 0.2) is 0 Å². The van der Waals surface area contributed by atoms with E-state index in [0.29, 0.717) is 12.6 Å². The summed E-state index contributed by atoms with van der Waals surface area (Å²) < 4.78 is 6.95. The summed E-state index contributed by atoms with van der Waals surface area (Å²) >= 11 is 3.59. The number of aromatic nitrogens is 1. The van der Waals surface area contributed by atoms with Crippen molar-refractivity contribution in [1.29, 1.82) is 0 Å². The van der Waals surface area contributed by atoms with Gasteiger partial charge in [-0.1, -0.05) is 22.0 Å². The molecule has 1 aliphatic rings. The predicted molar refractivity (Wildman–Crippen MR) is 82.6 cm³/mol. The van der Waals surface area contributed by atoms with Crippen LogP contribution in [0.25, 0.3) is 0 Å². The number of nitrogens with one attached hydrogen (secondary N) is 1. The van der Waals surface area contributed by atoms with E-state index in [0.717, 1.165) is 22.3 Å². The number of nitrogens with zero attached hydrogens (tertiary/aromatic N) is 1. The highest BCUT2D eigenvalue weighted by Gasteiger charge is 2.20. The van der Waals surface area contributed by atoms with Gasteiger partial charge >= 0.3 is 0 Å². The molecule has 1 aliphatic carbocycles. The molecular formula is C16H17BrN2O. The molecule has 104 valence electrons. The number of ether oxygens (including phenoxy) is 1. The standard InChI is InChI=1S/C16H17BrN2O/c17-16-6-5-15(8-13(16)10-19-14-3-4-14)20-11-12-2-1-7-18-9-12/h1-2,5-9,14,19H,3-4,10-11H2. The smallest absolute Gasteiger partial charge is 0.120 e. The Balaban J connectivity index is 1.62. The van der Waals surface area contributed by atoms with Crippen molar-refractivity contribution in [1.82, 2.24) is 10.3 Å². The van der Waals surface area contributed by atoms with E-state index in [1.807, 2.05) is 30.5 Å². The molecular weight excluding hydrogens is 316 g/mol. The lowest BCUT2D eigenvalue weighted by Gasteiger charge is -2.10. The van der Waals surface area contributed by atoms with Crippen LogP contribution in [0.15, 0.2) is 47.2 Å². The molecule has 0 spiro atoms. The highest BCUT2D eigenvalue weighted by atomic mass is 79.9. The van der Waals surface area contributed by atoms with E-state index in [4.69, 9.17) is 4.74 Å². The molecule has 0 atom stereocenters. The van der Waals surface area contributed by atoms with Crippen molar-refractivity contribution in [2.45, 2.75) is 32.0 Å². The first-order valence-corrected chi connectivity index (χ1v) is 7.64. The molecule has 0 amide bonds. The lowest BCUT2D eigenvalue weighted by molar-refractivity contribution is 0.305. The minimum absolute atomic E-state index is 0.547. The SMILES string of the molecule is Brc1ccc(OCc2cccnc2)cc1CNC1CC1. The minimum Gasteiger partial charge on any atom is -0.489 e. The van der Waals surface area contributed by atoms with Crippen LogP contribution in [-0.4, -0.2) is 11.0 Å². The Morgan fingerprint density at radius 2 is 2.20 bits per heavy atom. The summed E-state index contributed by atoms with van der Waals surface area (Å²) in [6.07, 6.45) is 6.20. The van der Waals surface area contributed by atoms with Crippen LogP contribution in [0.3, 0.4) is 0 Å². The molecule has 1 saturated carbocycles. The van der Waals surface area contributed by atoms with E-state index < -0.39 is 0 Å². The minimum atomic E-state index is 0.547. The van der Waals surface area contributed by atoms with Gasteiger partial charge < -0.3 is 10.1 Å². The zero-order chi connectivity index (χ0) is 13.8. The van der Waals surface area contributed by atoms with Gasteiger partial charge in [-0.3, -0.25) is 4.98 Å². The van der Waals surface area contributed by atoms with Gasteiger partial charge in [0.2, 0.25) is 0 Å². The fourth-order valence-electron chi connectivity index (χ4n) is 1.97. The first-order chi connectivity index (χ1) is 9.81. The highest BCUT2D eigenvalue weighted by Crippen LogP contribution is 2.25. The summed E-state index contributed by atoms with van der Waals surface area (Å²) in [5.74, 6) is 0.893. The Morgan fingerprint density at radius 1 is 1.30 bits per heavy atom. The van der Waals surface area contributed by atoms with Crippen LogP contribution < -0.4 is 10.1 Å². The Hall–Kier alpha value is -1.39. The van der Waals surface area contributed by atoms with Crippen molar-refractivity contribution in [2.24, 2.45) is 0 Å². The second-order valence-corrected chi connectivity index (χ2v) is 5.91. The zero-order valence-electron chi connectivity index (χ0n) is 11.2. The van der Waals surface area contributed by atoms with Gasteiger partial charge in [0.25, 0.3) is 0 Å². The number of hydrogen-bond donors (Lipinski definition) is 1. The lowest BCUT2D eigenvalue weighted by Crippen LogP contribution is -2.15. The van der Waals surface area contributed by atoms with Gasteiger partial charge in [-0.15, -0.1) is 0 Å². The first-order valence-electron chi connectivity index (χ1n) is 6.85. The van der Waals surface area contributed by atoms with Crippen molar-refractivity contribution in [3.63, 3.8) is 0 Å². The van der Waals surface area contributed by atoms with Crippen LogP contribution in [0, 0.1) is 0 Å². The summed E-state index contributed by atoms with van der Waals surface area (Å²) in [6.45, 7) is 1.43. The van der Waals surface area contributed by atoms with Crippen LogP contribution in [0.4, 0.5) is 0 Å². The van der Waals surface area contributed by atoms with E-state index >= 15 is 0 Å². The van der Waals surface area contributed by atoms with E-state index in [1.54, 1.807) is 6.20 Å². The van der Waals surface area contributed by atoms with Crippen molar-refractivity contribution in [3.8, 4) is 5.75 Å². The second-order valence-electron chi connectivity index (χ2n) is 5.06. The average Bonchev–Trinajstić information content (AvgIpc) is 3.30. The quantitative estimate of drug-likeness (QED) is 0.876. The normalized spacial score (nSPS) is 14.2. The monoisotopic (exact) mass is 332 g/mol. The van der Waals surface area contributed by atoms with Crippen LogP contribution in [0.2, 0.25) is 0 Å². The first kappa shape index (κ1) is 13.6. The van der Waals surface area contributed by atoms with Crippen LogP contribution in [0.1, 0.15) is 24.0 Å². The van der Waals surface area contributed by atoms with E-state index in [1.165, 1.54) is 18.4 Å². The third-order valence-electron chi connectivity index (χ3n) is 3.30. The molecule has 0 radical (unpaired) electrons. The molecule has 1 fully saturated rings. The van der Waals surface area contributed by atoms with Crippen molar-refractivity contribution >= 4 is 15.9 Å². The number of pyridine rings is 1. The maximum absolute atomic E-state index is 5.82. The largest absolute Gasteiger partial charge is 0.489 e. The molecule has 1 heterocycles. The molecule has 3 rings (SSSR count). The number of rotatable bonds is 6. The summed E-state index contributed by atoms with van der Waals surface area (Å²) in [6, 6.07) is 10.8. The maximum Gasteiger partial charge on any atom is 0.120 e. The Morgan fingerprint density at radius 3 is 2.95 bits per heavy atom. The predicted octanol–water partition coefficient (Wildman–Crippen LogP) is 3.68. The van der Waals surface area contributed by atoms with Crippen molar-refractivity contribution in [3.05, 3.63) is 58.3 Å². The molecule has 1 N–H and O–H groups in total. The lowest BCUT2D eigenvalue weighted by atomic mass is 10.2. The van der Waals surface area contributed by atoms with Gasteiger partial charge in [-0.05, 0) is 42.7 Å². The molecule has 20 heavy (non-hydrogen) atoms. The maximum atomic E-state index is 5.82. The Labute approximate surface area is 127 Å². The van der Waals surface area contributed by atoms with Crippen molar-refractivity contribution in [2.75, 3.05) is 0 Å². The molecule has 4 heteroatoms. The van der Waals surface area contributed by atoms with E-state index in [2.05, 4.69) is 32.3 Å². The zero-order valence-corrected chi connectivity index (χ0v) is 12.8. The third kappa shape index (κ3) is 3.81. The molecule has 3 nitrogen and oxygen atoms in total. The molecule has 0 bridgehead atoms. The Kier molecular flexibility index (Phi) is 4.33.